The maximum Gasteiger partial charge on any atom is 0.223 e. The van der Waals surface area contributed by atoms with E-state index in [-0.39, 0.29) is 11.7 Å². The summed E-state index contributed by atoms with van der Waals surface area (Å²) in [5, 5.41) is 0. The first-order valence-corrected chi connectivity index (χ1v) is 8.01. The summed E-state index contributed by atoms with van der Waals surface area (Å²) in [5.74, 6) is 1.05. The highest BCUT2D eigenvalue weighted by molar-refractivity contribution is 5.76. The SMILES string of the molecule is CCN(Cc1nccn1Cc1cccc(F)c1)C(=O)CC(C)C. The topological polar surface area (TPSA) is 38.1 Å². The molecule has 1 aromatic carbocycles. The van der Waals surface area contributed by atoms with Gasteiger partial charge in [0.05, 0.1) is 6.54 Å². The van der Waals surface area contributed by atoms with Gasteiger partial charge in [0.25, 0.3) is 0 Å². The quantitative estimate of drug-likeness (QED) is 0.784. The lowest BCUT2D eigenvalue weighted by Gasteiger charge is -2.22. The number of rotatable bonds is 7. The van der Waals surface area contributed by atoms with Gasteiger partial charge in [-0.1, -0.05) is 26.0 Å². The Morgan fingerprint density at radius 3 is 2.83 bits per heavy atom. The highest BCUT2D eigenvalue weighted by Crippen LogP contribution is 2.11. The molecule has 0 saturated carbocycles. The van der Waals surface area contributed by atoms with Gasteiger partial charge in [0, 0.05) is 31.9 Å². The average molecular weight is 317 g/mol. The zero-order valence-electron chi connectivity index (χ0n) is 14.0. The van der Waals surface area contributed by atoms with Crippen LogP contribution in [0.1, 0.15) is 38.6 Å². The van der Waals surface area contributed by atoms with E-state index in [0.717, 1.165) is 11.4 Å². The van der Waals surface area contributed by atoms with Gasteiger partial charge in [-0.25, -0.2) is 9.37 Å². The molecule has 0 bridgehead atoms. The number of hydrogen-bond donors (Lipinski definition) is 0. The van der Waals surface area contributed by atoms with Gasteiger partial charge in [-0.3, -0.25) is 4.79 Å². The van der Waals surface area contributed by atoms with Crippen molar-refractivity contribution in [3.63, 3.8) is 0 Å². The summed E-state index contributed by atoms with van der Waals surface area (Å²) in [5.41, 5.74) is 0.876. The molecule has 0 N–H and O–H groups in total. The highest BCUT2D eigenvalue weighted by atomic mass is 19.1. The molecule has 1 aromatic heterocycles. The lowest BCUT2D eigenvalue weighted by atomic mass is 10.1. The van der Waals surface area contributed by atoms with E-state index < -0.39 is 0 Å². The number of hydrogen-bond acceptors (Lipinski definition) is 2. The van der Waals surface area contributed by atoms with Crippen molar-refractivity contribution in [1.82, 2.24) is 14.5 Å². The second-order valence-electron chi connectivity index (χ2n) is 6.11. The van der Waals surface area contributed by atoms with E-state index in [1.54, 1.807) is 12.3 Å². The number of nitrogens with zero attached hydrogens (tertiary/aromatic N) is 3. The number of carbonyl (C=O) groups is 1. The molecule has 4 nitrogen and oxygen atoms in total. The molecule has 2 aromatic rings. The summed E-state index contributed by atoms with van der Waals surface area (Å²) in [6.45, 7) is 7.72. The van der Waals surface area contributed by atoms with Crippen LogP contribution >= 0.6 is 0 Å². The summed E-state index contributed by atoms with van der Waals surface area (Å²) >= 11 is 0. The van der Waals surface area contributed by atoms with Crippen molar-refractivity contribution in [3.8, 4) is 0 Å². The molecule has 0 atom stereocenters. The Labute approximate surface area is 136 Å². The van der Waals surface area contributed by atoms with Crippen molar-refractivity contribution in [2.24, 2.45) is 5.92 Å². The Morgan fingerprint density at radius 1 is 1.39 bits per heavy atom. The van der Waals surface area contributed by atoms with Crippen LogP contribution in [-0.2, 0) is 17.9 Å². The maximum atomic E-state index is 13.3. The van der Waals surface area contributed by atoms with Gasteiger partial charge in [0.15, 0.2) is 0 Å². The molecule has 0 unspecified atom stereocenters. The smallest absolute Gasteiger partial charge is 0.223 e. The summed E-state index contributed by atoms with van der Waals surface area (Å²) < 4.78 is 15.3. The zero-order valence-corrected chi connectivity index (χ0v) is 14.0. The molecule has 0 fully saturated rings. The van der Waals surface area contributed by atoms with Crippen LogP contribution in [0.3, 0.4) is 0 Å². The second kappa shape index (κ2) is 7.90. The molecule has 0 saturated heterocycles. The third kappa shape index (κ3) is 4.91. The van der Waals surface area contributed by atoms with Gasteiger partial charge in [-0.05, 0) is 30.5 Å². The molecule has 0 aliphatic rings. The minimum absolute atomic E-state index is 0.141. The fourth-order valence-corrected chi connectivity index (χ4v) is 2.49. The van der Waals surface area contributed by atoms with Crippen LogP contribution in [0.15, 0.2) is 36.7 Å². The summed E-state index contributed by atoms with van der Waals surface area (Å²) in [6.07, 6.45) is 4.12. The molecule has 0 aliphatic carbocycles. The van der Waals surface area contributed by atoms with Crippen LogP contribution in [0.4, 0.5) is 4.39 Å². The van der Waals surface area contributed by atoms with Gasteiger partial charge < -0.3 is 9.47 Å². The fourth-order valence-electron chi connectivity index (χ4n) is 2.49. The molecule has 0 spiro atoms. The van der Waals surface area contributed by atoms with E-state index in [1.165, 1.54) is 12.1 Å². The summed E-state index contributed by atoms with van der Waals surface area (Å²) in [4.78, 5) is 18.4. The lowest BCUT2D eigenvalue weighted by Crippen LogP contribution is -2.32. The standard InChI is InChI=1S/C18H24FN3O/c1-4-21(18(23)10-14(2)3)13-17-20-8-9-22(17)12-15-6-5-7-16(19)11-15/h5-9,11,14H,4,10,12-13H2,1-3H3. The second-order valence-corrected chi connectivity index (χ2v) is 6.11. The van der Waals surface area contributed by atoms with Crippen molar-refractivity contribution in [3.05, 3.63) is 53.9 Å². The number of amides is 1. The predicted octanol–water partition coefficient (Wildman–Crippen LogP) is 3.47. The van der Waals surface area contributed by atoms with Gasteiger partial charge in [0.2, 0.25) is 5.91 Å². The lowest BCUT2D eigenvalue weighted by molar-refractivity contribution is -0.132. The van der Waals surface area contributed by atoms with Crippen LogP contribution in [0.5, 0.6) is 0 Å². The monoisotopic (exact) mass is 317 g/mol. The van der Waals surface area contributed by atoms with Crippen molar-refractivity contribution in [2.75, 3.05) is 6.54 Å². The Hall–Kier alpha value is -2.17. The third-order valence-electron chi connectivity index (χ3n) is 3.69. The highest BCUT2D eigenvalue weighted by Gasteiger charge is 2.16. The van der Waals surface area contributed by atoms with E-state index >= 15 is 0 Å². The largest absolute Gasteiger partial charge is 0.335 e. The Balaban J connectivity index is 2.09. The number of carbonyl (C=O) groups excluding carboxylic acids is 1. The van der Waals surface area contributed by atoms with Gasteiger partial charge in [-0.15, -0.1) is 0 Å². The number of benzene rings is 1. The fraction of sp³-hybridized carbons (Fsp3) is 0.444. The average Bonchev–Trinajstić information content (AvgIpc) is 2.91. The first-order chi connectivity index (χ1) is 11.0. The minimum atomic E-state index is -0.244. The van der Waals surface area contributed by atoms with Crippen LogP contribution < -0.4 is 0 Å². The maximum absolute atomic E-state index is 13.3. The normalized spacial score (nSPS) is 11.0. The van der Waals surface area contributed by atoms with Gasteiger partial charge in [-0.2, -0.15) is 0 Å². The number of aromatic nitrogens is 2. The molecule has 23 heavy (non-hydrogen) atoms. The molecular weight excluding hydrogens is 293 g/mol. The van der Waals surface area contributed by atoms with Gasteiger partial charge in [0.1, 0.15) is 11.6 Å². The first-order valence-electron chi connectivity index (χ1n) is 8.01. The van der Waals surface area contributed by atoms with Crippen LogP contribution in [-0.4, -0.2) is 26.9 Å². The Bertz CT molecular complexity index is 651. The van der Waals surface area contributed by atoms with E-state index in [9.17, 15) is 9.18 Å². The zero-order chi connectivity index (χ0) is 16.8. The number of halogens is 1. The van der Waals surface area contributed by atoms with E-state index in [4.69, 9.17) is 0 Å². The first kappa shape index (κ1) is 17.2. The Morgan fingerprint density at radius 2 is 2.17 bits per heavy atom. The molecule has 5 heteroatoms. The number of imidazole rings is 1. The van der Waals surface area contributed by atoms with E-state index in [0.29, 0.717) is 32.0 Å². The van der Waals surface area contributed by atoms with Crippen LogP contribution in [0, 0.1) is 11.7 Å². The summed E-state index contributed by atoms with van der Waals surface area (Å²) in [6, 6.07) is 6.53. The molecule has 2 rings (SSSR count). The minimum Gasteiger partial charge on any atom is -0.335 e. The molecule has 1 amide bonds. The van der Waals surface area contributed by atoms with Crippen molar-refractivity contribution in [1.29, 1.82) is 0 Å². The van der Waals surface area contributed by atoms with Crippen LogP contribution in [0.25, 0.3) is 0 Å². The molecule has 0 aliphatic heterocycles. The van der Waals surface area contributed by atoms with E-state index in [2.05, 4.69) is 4.98 Å². The van der Waals surface area contributed by atoms with Gasteiger partial charge >= 0.3 is 0 Å². The predicted molar refractivity (Wildman–Crippen MR) is 88.3 cm³/mol. The third-order valence-corrected chi connectivity index (χ3v) is 3.69. The van der Waals surface area contributed by atoms with Crippen LogP contribution in [0.2, 0.25) is 0 Å². The van der Waals surface area contributed by atoms with Crippen molar-refractivity contribution < 1.29 is 9.18 Å². The summed E-state index contributed by atoms with van der Waals surface area (Å²) in [7, 11) is 0. The molecule has 1 heterocycles. The van der Waals surface area contributed by atoms with Crippen molar-refractivity contribution in [2.45, 2.75) is 40.3 Å². The van der Waals surface area contributed by atoms with Crippen molar-refractivity contribution >= 4 is 5.91 Å². The Kier molecular flexibility index (Phi) is 5.90. The molecule has 0 radical (unpaired) electrons. The van der Waals surface area contributed by atoms with E-state index in [1.807, 2.05) is 42.5 Å². The molecular formula is C18H24FN3O. The molecule has 124 valence electrons.